The molecular weight excluding hydrogens is 392 g/mol. The van der Waals surface area contributed by atoms with E-state index < -0.39 is 11.9 Å². The highest BCUT2D eigenvalue weighted by Gasteiger charge is 2.27. The Morgan fingerprint density at radius 1 is 1.22 bits per heavy atom. The molecule has 0 bridgehead atoms. The Balaban J connectivity index is 1.59. The Bertz CT molecular complexity index is 864. The minimum atomic E-state index is -0.820. The third-order valence-electron chi connectivity index (χ3n) is 4.25. The van der Waals surface area contributed by atoms with E-state index in [1.807, 2.05) is 0 Å². The van der Waals surface area contributed by atoms with Gasteiger partial charge in [0.15, 0.2) is 0 Å². The second-order valence-electron chi connectivity index (χ2n) is 6.21. The number of amides is 2. The summed E-state index contributed by atoms with van der Waals surface area (Å²) in [6.07, 6.45) is 1.40. The molecule has 2 amide bonds. The predicted octanol–water partition coefficient (Wildman–Crippen LogP) is 2.77. The lowest BCUT2D eigenvalue weighted by molar-refractivity contribution is -0.138. The van der Waals surface area contributed by atoms with E-state index in [4.69, 9.17) is 16.7 Å². The standard InChI is InChI=1S/C17H17ClN4O4S/c18-11-2-1-3-12(9-11)19-14(25)15-20-21-16(27-15)17(26)22-6-4-10(5-7-22)8-13(23)24/h1-3,9-10H,4-8H2,(H,19,25)(H,23,24). The molecular formula is C17H17ClN4O4S. The second-order valence-corrected chi connectivity index (χ2v) is 7.62. The molecule has 1 aromatic heterocycles. The number of hydrogen-bond donors (Lipinski definition) is 2. The van der Waals surface area contributed by atoms with Crippen molar-refractivity contribution in [2.24, 2.45) is 5.92 Å². The molecule has 0 aliphatic carbocycles. The van der Waals surface area contributed by atoms with Crippen molar-refractivity contribution in [2.45, 2.75) is 19.3 Å². The quantitative estimate of drug-likeness (QED) is 0.786. The Kier molecular flexibility index (Phi) is 6.02. The van der Waals surface area contributed by atoms with E-state index >= 15 is 0 Å². The average molecular weight is 409 g/mol. The number of halogens is 1. The lowest BCUT2D eigenvalue weighted by atomic mass is 9.93. The number of carboxylic acid groups (broad SMARTS) is 1. The third kappa shape index (κ3) is 5.01. The first-order valence-corrected chi connectivity index (χ1v) is 9.53. The molecule has 10 heteroatoms. The molecule has 2 N–H and O–H groups in total. The zero-order valence-corrected chi connectivity index (χ0v) is 15.8. The number of benzene rings is 1. The minimum absolute atomic E-state index is 0.0825. The smallest absolute Gasteiger partial charge is 0.303 e. The molecule has 1 aromatic carbocycles. The Labute approximate surface area is 164 Å². The largest absolute Gasteiger partial charge is 0.481 e. The highest BCUT2D eigenvalue weighted by Crippen LogP contribution is 2.23. The number of rotatable bonds is 5. The van der Waals surface area contributed by atoms with Crippen LogP contribution >= 0.6 is 22.9 Å². The fourth-order valence-electron chi connectivity index (χ4n) is 2.87. The van der Waals surface area contributed by atoms with Crippen LogP contribution in [0.2, 0.25) is 5.02 Å². The molecule has 0 atom stereocenters. The first-order chi connectivity index (χ1) is 12.9. The van der Waals surface area contributed by atoms with Crippen molar-refractivity contribution in [3.05, 3.63) is 39.3 Å². The molecule has 1 aliphatic heterocycles. The SMILES string of the molecule is O=C(O)CC1CCN(C(=O)c2nnc(C(=O)Nc3cccc(Cl)c3)s2)CC1. The van der Waals surface area contributed by atoms with Crippen molar-refractivity contribution in [3.8, 4) is 0 Å². The molecule has 27 heavy (non-hydrogen) atoms. The molecule has 142 valence electrons. The lowest BCUT2D eigenvalue weighted by Crippen LogP contribution is -2.38. The molecule has 0 spiro atoms. The lowest BCUT2D eigenvalue weighted by Gasteiger charge is -2.30. The van der Waals surface area contributed by atoms with Gasteiger partial charge < -0.3 is 15.3 Å². The van der Waals surface area contributed by atoms with Gasteiger partial charge in [-0.1, -0.05) is 29.0 Å². The number of aliphatic carboxylic acids is 1. The van der Waals surface area contributed by atoms with Crippen molar-refractivity contribution in [1.29, 1.82) is 0 Å². The van der Waals surface area contributed by atoms with Crippen LogP contribution < -0.4 is 5.32 Å². The fourth-order valence-corrected chi connectivity index (χ4v) is 3.77. The van der Waals surface area contributed by atoms with E-state index in [1.165, 1.54) is 0 Å². The number of nitrogens with one attached hydrogen (secondary N) is 1. The monoisotopic (exact) mass is 408 g/mol. The van der Waals surface area contributed by atoms with Gasteiger partial charge in [0, 0.05) is 30.2 Å². The molecule has 0 radical (unpaired) electrons. The van der Waals surface area contributed by atoms with Gasteiger partial charge in [-0.25, -0.2) is 0 Å². The summed E-state index contributed by atoms with van der Waals surface area (Å²) in [5.41, 5.74) is 0.524. The highest BCUT2D eigenvalue weighted by atomic mass is 35.5. The Morgan fingerprint density at radius 2 is 1.93 bits per heavy atom. The summed E-state index contributed by atoms with van der Waals surface area (Å²) in [6, 6.07) is 6.70. The Morgan fingerprint density at radius 3 is 2.59 bits per heavy atom. The first kappa shape index (κ1) is 19.2. The van der Waals surface area contributed by atoms with E-state index in [-0.39, 0.29) is 28.3 Å². The molecule has 8 nitrogen and oxygen atoms in total. The summed E-state index contributed by atoms with van der Waals surface area (Å²) in [7, 11) is 0. The van der Waals surface area contributed by atoms with E-state index in [1.54, 1.807) is 29.2 Å². The number of hydrogen-bond acceptors (Lipinski definition) is 6. The maximum atomic E-state index is 12.5. The van der Waals surface area contributed by atoms with Crippen LogP contribution in [0.3, 0.4) is 0 Å². The van der Waals surface area contributed by atoms with Crippen LogP contribution in [0.5, 0.6) is 0 Å². The number of piperidine rings is 1. The summed E-state index contributed by atoms with van der Waals surface area (Å²) in [5, 5.41) is 19.9. The van der Waals surface area contributed by atoms with Gasteiger partial charge in [-0.2, -0.15) is 0 Å². The van der Waals surface area contributed by atoms with Crippen LogP contribution in [0, 0.1) is 5.92 Å². The van der Waals surface area contributed by atoms with Gasteiger partial charge >= 0.3 is 5.97 Å². The fraction of sp³-hybridized carbons (Fsp3) is 0.353. The van der Waals surface area contributed by atoms with Crippen molar-refractivity contribution in [2.75, 3.05) is 18.4 Å². The number of carboxylic acids is 1. The second kappa shape index (κ2) is 8.45. The van der Waals surface area contributed by atoms with E-state index in [9.17, 15) is 14.4 Å². The molecule has 1 fully saturated rings. The van der Waals surface area contributed by atoms with E-state index in [0.29, 0.717) is 36.6 Å². The molecule has 1 saturated heterocycles. The van der Waals surface area contributed by atoms with E-state index in [0.717, 1.165) is 11.3 Å². The van der Waals surface area contributed by atoms with Crippen molar-refractivity contribution < 1.29 is 19.5 Å². The summed E-state index contributed by atoms with van der Waals surface area (Å²) in [4.78, 5) is 37.2. The Hall–Kier alpha value is -2.52. The molecule has 2 heterocycles. The number of anilines is 1. The van der Waals surface area contributed by atoms with Crippen LogP contribution in [0.25, 0.3) is 0 Å². The summed E-state index contributed by atoms with van der Waals surface area (Å²) < 4.78 is 0. The number of aromatic nitrogens is 2. The highest BCUT2D eigenvalue weighted by molar-refractivity contribution is 7.15. The topological polar surface area (TPSA) is 112 Å². The van der Waals surface area contributed by atoms with Gasteiger partial charge in [0.2, 0.25) is 10.0 Å². The summed E-state index contributed by atoms with van der Waals surface area (Å²) in [5.74, 6) is -1.49. The zero-order chi connectivity index (χ0) is 19.4. The van der Waals surface area contributed by atoms with Crippen LogP contribution in [0.15, 0.2) is 24.3 Å². The molecule has 0 unspecified atom stereocenters. The van der Waals surface area contributed by atoms with Crippen molar-refractivity contribution >= 4 is 46.4 Å². The van der Waals surface area contributed by atoms with Gasteiger partial charge in [0.1, 0.15) is 0 Å². The molecule has 1 aliphatic rings. The van der Waals surface area contributed by atoms with Gasteiger partial charge in [0.25, 0.3) is 11.8 Å². The van der Waals surface area contributed by atoms with Gasteiger partial charge in [-0.05, 0) is 37.0 Å². The average Bonchev–Trinajstić information content (AvgIpc) is 3.11. The number of likely N-dealkylation sites (tertiary alicyclic amines) is 1. The van der Waals surface area contributed by atoms with Crippen LogP contribution in [0.4, 0.5) is 5.69 Å². The normalized spacial score (nSPS) is 14.8. The minimum Gasteiger partial charge on any atom is -0.481 e. The van der Waals surface area contributed by atoms with E-state index in [2.05, 4.69) is 15.5 Å². The van der Waals surface area contributed by atoms with Crippen molar-refractivity contribution in [1.82, 2.24) is 15.1 Å². The third-order valence-corrected chi connectivity index (χ3v) is 5.39. The molecule has 2 aromatic rings. The van der Waals surface area contributed by atoms with Gasteiger partial charge in [-0.15, -0.1) is 10.2 Å². The predicted molar refractivity (Wildman–Crippen MR) is 100 cm³/mol. The van der Waals surface area contributed by atoms with Gasteiger partial charge in [0.05, 0.1) is 0 Å². The maximum absolute atomic E-state index is 12.5. The summed E-state index contributed by atoms with van der Waals surface area (Å²) in [6.45, 7) is 0.945. The molecule has 3 rings (SSSR count). The zero-order valence-electron chi connectivity index (χ0n) is 14.2. The first-order valence-electron chi connectivity index (χ1n) is 8.34. The van der Waals surface area contributed by atoms with Gasteiger partial charge in [-0.3, -0.25) is 14.4 Å². The number of nitrogens with zero attached hydrogens (tertiary/aromatic N) is 3. The van der Waals surface area contributed by atoms with Crippen LogP contribution in [-0.4, -0.2) is 51.1 Å². The number of carbonyl (C=O) groups excluding carboxylic acids is 2. The maximum Gasteiger partial charge on any atom is 0.303 e. The van der Waals surface area contributed by atoms with Crippen LogP contribution in [-0.2, 0) is 4.79 Å². The molecule has 0 saturated carbocycles. The van der Waals surface area contributed by atoms with Crippen molar-refractivity contribution in [3.63, 3.8) is 0 Å². The number of carbonyl (C=O) groups is 3. The van der Waals surface area contributed by atoms with Crippen LogP contribution in [0.1, 0.15) is 38.9 Å². The summed E-state index contributed by atoms with van der Waals surface area (Å²) >= 11 is 6.81.